The molecule has 0 spiro atoms. The van der Waals surface area contributed by atoms with Crippen LogP contribution in [0.3, 0.4) is 0 Å². The number of aryl methyl sites for hydroxylation is 1. The topological polar surface area (TPSA) is 50.4 Å². The van der Waals surface area contributed by atoms with E-state index >= 15 is 0 Å². The highest BCUT2D eigenvalue weighted by molar-refractivity contribution is 5.85. The second kappa shape index (κ2) is 10.2. The molecule has 4 nitrogen and oxygen atoms in total. The molecule has 0 aromatic heterocycles. The van der Waals surface area contributed by atoms with Crippen LogP contribution in [0.25, 0.3) is 0 Å². The average molecular weight is 375 g/mol. The smallest absolute Gasteiger partial charge is 0.224 e. The number of hydrogen-bond donors (Lipinski definition) is 2. The van der Waals surface area contributed by atoms with Gasteiger partial charge in [0.1, 0.15) is 12.4 Å². The van der Waals surface area contributed by atoms with Crippen LogP contribution in [0.4, 0.5) is 0 Å². The van der Waals surface area contributed by atoms with Crippen LogP contribution in [0.15, 0.2) is 48.5 Å². The van der Waals surface area contributed by atoms with Gasteiger partial charge >= 0.3 is 0 Å². The van der Waals surface area contributed by atoms with Gasteiger partial charge in [-0.05, 0) is 55.1 Å². The summed E-state index contributed by atoms with van der Waals surface area (Å²) in [6, 6.07) is 16.3. The summed E-state index contributed by atoms with van der Waals surface area (Å²) in [7, 11) is 0. The first-order valence-corrected chi connectivity index (χ1v) is 8.97. The third-order valence-electron chi connectivity index (χ3n) is 4.58. The molecule has 1 amide bonds. The second-order valence-electron chi connectivity index (χ2n) is 6.65. The summed E-state index contributed by atoms with van der Waals surface area (Å²) < 4.78 is 5.90. The lowest BCUT2D eigenvalue weighted by Gasteiger charge is -2.23. The number of amides is 1. The van der Waals surface area contributed by atoms with Gasteiger partial charge < -0.3 is 15.4 Å². The van der Waals surface area contributed by atoms with Gasteiger partial charge in [-0.3, -0.25) is 4.79 Å². The summed E-state index contributed by atoms with van der Waals surface area (Å²) in [5.74, 6) is 0.873. The molecule has 140 valence electrons. The maximum Gasteiger partial charge on any atom is 0.224 e. The van der Waals surface area contributed by atoms with E-state index in [0.717, 1.165) is 37.2 Å². The minimum Gasteiger partial charge on any atom is -0.489 e. The largest absolute Gasteiger partial charge is 0.489 e. The van der Waals surface area contributed by atoms with Gasteiger partial charge in [-0.15, -0.1) is 12.4 Å². The van der Waals surface area contributed by atoms with E-state index in [0.29, 0.717) is 13.0 Å². The first-order chi connectivity index (χ1) is 12.2. The molecule has 1 atom stereocenters. The highest BCUT2D eigenvalue weighted by Crippen LogP contribution is 2.17. The molecule has 1 aliphatic rings. The van der Waals surface area contributed by atoms with Crippen molar-refractivity contribution in [1.29, 1.82) is 0 Å². The average Bonchev–Trinajstić information content (AvgIpc) is 2.62. The first kappa shape index (κ1) is 20.3. The Bertz CT molecular complexity index is 715. The molecule has 0 aliphatic carbocycles. The number of hydrogen-bond acceptors (Lipinski definition) is 3. The molecule has 1 saturated heterocycles. The van der Waals surface area contributed by atoms with Gasteiger partial charge in [0.2, 0.25) is 5.91 Å². The highest BCUT2D eigenvalue weighted by Gasteiger charge is 2.15. The van der Waals surface area contributed by atoms with E-state index in [1.807, 2.05) is 36.4 Å². The van der Waals surface area contributed by atoms with Gasteiger partial charge in [0.25, 0.3) is 0 Å². The summed E-state index contributed by atoms with van der Waals surface area (Å²) >= 11 is 0. The minimum absolute atomic E-state index is 0. The van der Waals surface area contributed by atoms with Gasteiger partial charge in [-0.25, -0.2) is 0 Å². The van der Waals surface area contributed by atoms with E-state index in [1.165, 1.54) is 11.1 Å². The van der Waals surface area contributed by atoms with Crippen LogP contribution in [-0.4, -0.2) is 25.0 Å². The molecule has 0 unspecified atom stereocenters. The zero-order valence-electron chi connectivity index (χ0n) is 15.2. The quantitative estimate of drug-likeness (QED) is 0.814. The van der Waals surface area contributed by atoms with Crippen molar-refractivity contribution in [3.8, 4) is 5.75 Å². The van der Waals surface area contributed by atoms with E-state index in [4.69, 9.17) is 4.74 Å². The van der Waals surface area contributed by atoms with Crippen LogP contribution in [0.5, 0.6) is 5.75 Å². The lowest BCUT2D eigenvalue weighted by molar-refractivity contribution is -0.121. The van der Waals surface area contributed by atoms with Crippen LogP contribution >= 0.6 is 12.4 Å². The number of piperidine rings is 1. The predicted octanol–water partition coefficient (Wildman–Crippen LogP) is 3.41. The monoisotopic (exact) mass is 374 g/mol. The van der Waals surface area contributed by atoms with Crippen molar-refractivity contribution in [2.45, 2.75) is 38.8 Å². The Labute approximate surface area is 161 Å². The van der Waals surface area contributed by atoms with Gasteiger partial charge in [0.15, 0.2) is 0 Å². The standard InChI is InChI=1S/C21H26N2O2.ClH/c1-16-6-2-3-8-18(16)15-25-20-10-4-7-17(12-20)13-21(24)23-19-9-5-11-22-14-19;/h2-4,6-8,10,12,19,22H,5,9,11,13-15H2,1H3,(H,23,24);1H/t19-;/m0./s1. The van der Waals surface area contributed by atoms with Gasteiger partial charge in [-0.2, -0.15) is 0 Å². The van der Waals surface area contributed by atoms with E-state index in [2.05, 4.69) is 29.7 Å². The first-order valence-electron chi connectivity index (χ1n) is 8.97. The molecule has 3 rings (SSSR count). The fourth-order valence-electron chi connectivity index (χ4n) is 3.12. The van der Waals surface area contributed by atoms with Crippen LogP contribution < -0.4 is 15.4 Å². The summed E-state index contributed by atoms with van der Waals surface area (Å²) in [5, 5.41) is 6.43. The Kier molecular flexibility index (Phi) is 7.95. The maximum atomic E-state index is 12.2. The fraction of sp³-hybridized carbons (Fsp3) is 0.381. The van der Waals surface area contributed by atoms with Crippen molar-refractivity contribution in [3.63, 3.8) is 0 Å². The van der Waals surface area contributed by atoms with E-state index in [9.17, 15) is 4.79 Å². The van der Waals surface area contributed by atoms with Gasteiger partial charge in [0, 0.05) is 12.6 Å². The molecule has 1 fully saturated rings. The minimum atomic E-state index is 0. The van der Waals surface area contributed by atoms with Gasteiger partial charge in [-0.1, -0.05) is 36.4 Å². The normalized spacial score (nSPS) is 16.4. The summed E-state index contributed by atoms with van der Waals surface area (Å²) in [6.07, 6.45) is 2.56. The molecule has 2 N–H and O–H groups in total. The maximum absolute atomic E-state index is 12.2. The summed E-state index contributed by atoms with van der Waals surface area (Å²) in [6.45, 7) is 4.54. The van der Waals surface area contributed by atoms with Crippen molar-refractivity contribution in [3.05, 3.63) is 65.2 Å². The molecule has 26 heavy (non-hydrogen) atoms. The molecule has 0 saturated carbocycles. The molecule has 0 bridgehead atoms. The number of ether oxygens (including phenoxy) is 1. The van der Waals surface area contributed by atoms with E-state index in [1.54, 1.807) is 0 Å². The molecule has 2 aromatic carbocycles. The third-order valence-corrected chi connectivity index (χ3v) is 4.58. The van der Waals surface area contributed by atoms with Crippen LogP contribution in [0.1, 0.15) is 29.5 Å². The number of halogens is 1. The highest BCUT2D eigenvalue weighted by atomic mass is 35.5. The Morgan fingerprint density at radius 1 is 1.23 bits per heavy atom. The second-order valence-corrected chi connectivity index (χ2v) is 6.65. The Hall–Kier alpha value is -2.04. The molecular weight excluding hydrogens is 348 g/mol. The summed E-state index contributed by atoms with van der Waals surface area (Å²) in [4.78, 5) is 12.2. The van der Waals surface area contributed by atoms with E-state index < -0.39 is 0 Å². The SMILES string of the molecule is Cc1ccccc1COc1cccc(CC(=O)N[C@H]2CCCNC2)c1.Cl. The fourth-order valence-corrected chi connectivity index (χ4v) is 3.12. The van der Waals surface area contributed by atoms with Crippen molar-refractivity contribution in [2.24, 2.45) is 0 Å². The Morgan fingerprint density at radius 2 is 2.08 bits per heavy atom. The third kappa shape index (κ3) is 6.04. The number of nitrogens with one attached hydrogen (secondary N) is 2. The van der Waals surface area contributed by atoms with Crippen molar-refractivity contribution in [1.82, 2.24) is 10.6 Å². The lowest BCUT2D eigenvalue weighted by atomic mass is 10.1. The Balaban J connectivity index is 0.00000243. The van der Waals surface area contributed by atoms with Crippen molar-refractivity contribution >= 4 is 18.3 Å². The van der Waals surface area contributed by atoms with E-state index in [-0.39, 0.29) is 24.4 Å². The molecule has 2 aromatic rings. The van der Waals surface area contributed by atoms with Crippen molar-refractivity contribution < 1.29 is 9.53 Å². The number of carbonyl (C=O) groups excluding carboxylic acids is 1. The molecular formula is C21H27ClN2O2. The predicted molar refractivity (Wildman–Crippen MR) is 107 cm³/mol. The number of rotatable bonds is 6. The Morgan fingerprint density at radius 3 is 2.85 bits per heavy atom. The van der Waals surface area contributed by atoms with Crippen molar-refractivity contribution in [2.75, 3.05) is 13.1 Å². The molecule has 5 heteroatoms. The zero-order valence-corrected chi connectivity index (χ0v) is 16.0. The number of carbonyl (C=O) groups is 1. The lowest BCUT2D eigenvalue weighted by Crippen LogP contribution is -2.46. The van der Waals surface area contributed by atoms with Crippen LogP contribution in [0, 0.1) is 6.92 Å². The van der Waals surface area contributed by atoms with Crippen LogP contribution in [-0.2, 0) is 17.8 Å². The molecule has 1 aliphatic heterocycles. The molecule has 1 heterocycles. The number of benzene rings is 2. The van der Waals surface area contributed by atoms with Crippen LogP contribution in [0.2, 0.25) is 0 Å². The van der Waals surface area contributed by atoms with Gasteiger partial charge in [0.05, 0.1) is 6.42 Å². The molecule has 0 radical (unpaired) electrons. The summed E-state index contributed by atoms with van der Waals surface area (Å²) in [5.41, 5.74) is 3.37. The zero-order chi connectivity index (χ0) is 17.5.